The van der Waals surface area contributed by atoms with Crippen LogP contribution in [0.15, 0.2) is 18.2 Å². The number of rotatable bonds is 4. The first-order chi connectivity index (χ1) is 7.00. The molecular weight excluding hydrogens is 191 g/mol. The van der Waals surface area contributed by atoms with Gasteiger partial charge in [0.1, 0.15) is 5.82 Å². The highest BCUT2D eigenvalue weighted by atomic mass is 19.1. The normalized spacial score (nSPS) is 12.9. The van der Waals surface area contributed by atoms with Crippen molar-refractivity contribution in [3.05, 3.63) is 24.1 Å². The van der Waals surface area contributed by atoms with Gasteiger partial charge in [0.15, 0.2) is 0 Å². The van der Waals surface area contributed by atoms with Crippen LogP contribution < -0.4 is 4.90 Å². The molecule has 0 aliphatic heterocycles. The Kier molecular flexibility index (Phi) is 4.06. The number of nitrogens with zero attached hydrogens (tertiary/aromatic N) is 2. The van der Waals surface area contributed by atoms with Crippen LogP contribution in [0.25, 0.3) is 0 Å². The summed E-state index contributed by atoms with van der Waals surface area (Å²) in [4.78, 5) is 5.88. The maximum Gasteiger partial charge on any atom is 0.214 e. The van der Waals surface area contributed by atoms with E-state index in [1.807, 2.05) is 18.0 Å². The fourth-order valence-electron chi connectivity index (χ4n) is 1.66. The smallest absolute Gasteiger partial charge is 0.214 e. The molecule has 3 heteroatoms. The molecule has 0 fully saturated rings. The van der Waals surface area contributed by atoms with Crippen molar-refractivity contribution in [2.24, 2.45) is 5.92 Å². The van der Waals surface area contributed by atoms with Crippen molar-refractivity contribution >= 4 is 5.82 Å². The van der Waals surface area contributed by atoms with Gasteiger partial charge in [-0.05, 0) is 31.4 Å². The van der Waals surface area contributed by atoms with Crippen molar-refractivity contribution in [1.82, 2.24) is 4.98 Å². The van der Waals surface area contributed by atoms with Crippen LogP contribution in [0.2, 0.25) is 0 Å². The molecule has 1 atom stereocenters. The summed E-state index contributed by atoms with van der Waals surface area (Å²) in [6.45, 7) is 6.50. The number of aromatic nitrogens is 1. The molecule has 15 heavy (non-hydrogen) atoms. The highest BCUT2D eigenvalue weighted by molar-refractivity contribution is 5.37. The number of anilines is 1. The van der Waals surface area contributed by atoms with E-state index in [2.05, 4.69) is 25.8 Å². The molecule has 1 heterocycles. The average molecular weight is 210 g/mol. The van der Waals surface area contributed by atoms with Gasteiger partial charge in [0.25, 0.3) is 0 Å². The third kappa shape index (κ3) is 3.50. The molecule has 0 saturated heterocycles. The largest absolute Gasteiger partial charge is 0.357 e. The first-order valence-electron chi connectivity index (χ1n) is 5.36. The molecule has 0 bridgehead atoms. The fraction of sp³-hybridized carbons (Fsp3) is 0.583. The Morgan fingerprint density at radius 2 is 2.00 bits per heavy atom. The Balaban J connectivity index is 2.71. The standard InChI is InChI=1S/C12H19FN2/c1-9(2)8-10(3)15(4)12-7-5-6-11(13)14-12/h5-7,9-10H,8H2,1-4H3. The quantitative estimate of drug-likeness (QED) is 0.710. The molecule has 2 nitrogen and oxygen atoms in total. The predicted molar refractivity (Wildman–Crippen MR) is 61.5 cm³/mol. The van der Waals surface area contributed by atoms with E-state index in [0.717, 1.165) is 6.42 Å². The van der Waals surface area contributed by atoms with E-state index in [0.29, 0.717) is 17.8 Å². The maximum atomic E-state index is 12.9. The van der Waals surface area contributed by atoms with E-state index in [1.54, 1.807) is 6.07 Å². The third-order valence-corrected chi connectivity index (χ3v) is 2.54. The van der Waals surface area contributed by atoms with Crippen molar-refractivity contribution in [2.45, 2.75) is 33.2 Å². The topological polar surface area (TPSA) is 16.1 Å². The van der Waals surface area contributed by atoms with Crippen molar-refractivity contribution < 1.29 is 4.39 Å². The number of halogens is 1. The molecule has 0 N–H and O–H groups in total. The molecule has 84 valence electrons. The van der Waals surface area contributed by atoms with E-state index in [4.69, 9.17) is 0 Å². The van der Waals surface area contributed by atoms with E-state index in [-0.39, 0.29) is 0 Å². The number of hydrogen-bond acceptors (Lipinski definition) is 2. The fourth-order valence-corrected chi connectivity index (χ4v) is 1.66. The number of pyridine rings is 1. The predicted octanol–water partition coefficient (Wildman–Crippen LogP) is 3.09. The molecule has 0 radical (unpaired) electrons. The SMILES string of the molecule is CC(C)CC(C)N(C)c1cccc(F)n1. The maximum absolute atomic E-state index is 12.9. The lowest BCUT2D eigenvalue weighted by molar-refractivity contribution is 0.499. The molecule has 0 spiro atoms. The first kappa shape index (κ1) is 12.0. The van der Waals surface area contributed by atoms with Crippen molar-refractivity contribution in [2.75, 3.05) is 11.9 Å². The van der Waals surface area contributed by atoms with Gasteiger partial charge in [-0.15, -0.1) is 0 Å². The van der Waals surface area contributed by atoms with Crippen LogP contribution in [0.3, 0.4) is 0 Å². The minimum Gasteiger partial charge on any atom is -0.357 e. The van der Waals surface area contributed by atoms with Gasteiger partial charge in [0.05, 0.1) is 0 Å². The summed E-state index contributed by atoms with van der Waals surface area (Å²) in [5, 5.41) is 0. The second-order valence-corrected chi connectivity index (χ2v) is 4.41. The minimum absolute atomic E-state index is 0.374. The third-order valence-electron chi connectivity index (χ3n) is 2.54. The molecule has 1 aromatic heterocycles. The van der Waals surface area contributed by atoms with Gasteiger partial charge in [-0.25, -0.2) is 4.98 Å². The highest BCUT2D eigenvalue weighted by Gasteiger charge is 2.12. The second-order valence-electron chi connectivity index (χ2n) is 4.41. The van der Waals surface area contributed by atoms with Gasteiger partial charge >= 0.3 is 0 Å². The van der Waals surface area contributed by atoms with Gasteiger partial charge in [-0.1, -0.05) is 19.9 Å². The lowest BCUT2D eigenvalue weighted by Crippen LogP contribution is -2.30. The molecule has 1 rings (SSSR count). The molecule has 0 saturated carbocycles. The second kappa shape index (κ2) is 5.10. The summed E-state index contributed by atoms with van der Waals surface area (Å²) in [6, 6.07) is 5.26. The van der Waals surface area contributed by atoms with Gasteiger partial charge in [-0.2, -0.15) is 4.39 Å². The molecule has 0 aliphatic carbocycles. The van der Waals surface area contributed by atoms with Crippen LogP contribution in [0.4, 0.5) is 10.2 Å². The van der Waals surface area contributed by atoms with Crippen molar-refractivity contribution in [3.63, 3.8) is 0 Å². The van der Waals surface area contributed by atoms with Gasteiger partial charge in [0, 0.05) is 13.1 Å². The highest BCUT2D eigenvalue weighted by Crippen LogP contribution is 2.16. The zero-order valence-electron chi connectivity index (χ0n) is 9.87. The van der Waals surface area contributed by atoms with Crippen LogP contribution >= 0.6 is 0 Å². The summed E-state index contributed by atoms with van der Waals surface area (Å²) < 4.78 is 12.9. The summed E-state index contributed by atoms with van der Waals surface area (Å²) >= 11 is 0. The number of hydrogen-bond donors (Lipinski definition) is 0. The lowest BCUT2D eigenvalue weighted by Gasteiger charge is -2.27. The van der Waals surface area contributed by atoms with Crippen LogP contribution in [0, 0.1) is 11.9 Å². The molecule has 1 unspecified atom stereocenters. The summed E-state index contributed by atoms with van der Waals surface area (Å²) in [7, 11) is 1.95. The molecular formula is C12H19FN2. The van der Waals surface area contributed by atoms with Gasteiger partial charge in [0.2, 0.25) is 5.95 Å². The molecule has 0 amide bonds. The molecule has 1 aromatic rings. The van der Waals surface area contributed by atoms with E-state index < -0.39 is 5.95 Å². The Bertz CT molecular complexity index is 312. The first-order valence-corrected chi connectivity index (χ1v) is 5.36. The summed E-state index contributed by atoms with van der Waals surface area (Å²) in [5.74, 6) is 0.912. The van der Waals surface area contributed by atoms with Crippen molar-refractivity contribution in [3.8, 4) is 0 Å². The van der Waals surface area contributed by atoms with Crippen LogP contribution in [0.5, 0.6) is 0 Å². The lowest BCUT2D eigenvalue weighted by atomic mass is 10.0. The van der Waals surface area contributed by atoms with Crippen molar-refractivity contribution in [1.29, 1.82) is 0 Å². The Morgan fingerprint density at radius 3 is 2.53 bits per heavy atom. The van der Waals surface area contributed by atoms with Gasteiger partial charge < -0.3 is 4.90 Å². The zero-order valence-corrected chi connectivity index (χ0v) is 9.87. The molecule has 0 aliphatic rings. The minimum atomic E-state index is -0.420. The monoisotopic (exact) mass is 210 g/mol. The van der Waals surface area contributed by atoms with E-state index >= 15 is 0 Å². The average Bonchev–Trinajstić information content (AvgIpc) is 2.15. The van der Waals surface area contributed by atoms with Crippen LogP contribution in [-0.2, 0) is 0 Å². The van der Waals surface area contributed by atoms with E-state index in [1.165, 1.54) is 6.07 Å². The van der Waals surface area contributed by atoms with Gasteiger partial charge in [-0.3, -0.25) is 0 Å². The van der Waals surface area contributed by atoms with Crippen LogP contribution in [-0.4, -0.2) is 18.1 Å². The summed E-state index contributed by atoms with van der Waals surface area (Å²) in [5.41, 5.74) is 0. The zero-order chi connectivity index (χ0) is 11.4. The van der Waals surface area contributed by atoms with E-state index in [9.17, 15) is 4.39 Å². The Morgan fingerprint density at radius 1 is 1.33 bits per heavy atom. The molecule has 0 aromatic carbocycles. The summed E-state index contributed by atoms with van der Waals surface area (Å²) in [6.07, 6.45) is 1.08. The Hall–Kier alpha value is -1.12. The van der Waals surface area contributed by atoms with Crippen LogP contribution in [0.1, 0.15) is 27.2 Å². The Labute approximate surface area is 91.1 Å².